The summed E-state index contributed by atoms with van der Waals surface area (Å²) in [6.07, 6.45) is -4.45. The third-order valence-electron chi connectivity index (χ3n) is 2.49. The molecule has 0 spiro atoms. The van der Waals surface area contributed by atoms with Gasteiger partial charge in [0.15, 0.2) is 0 Å². The average Bonchev–Trinajstić information content (AvgIpc) is 2.37. The number of aryl methyl sites for hydroxylation is 1. The summed E-state index contributed by atoms with van der Waals surface area (Å²) in [6.45, 7) is 1.41. The van der Waals surface area contributed by atoms with Crippen molar-refractivity contribution < 1.29 is 17.9 Å². The highest BCUT2D eigenvalue weighted by atomic mass is 19.4. The lowest BCUT2D eigenvalue weighted by molar-refractivity contribution is -0.138. The summed E-state index contributed by atoms with van der Waals surface area (Å²) in [4.78, 5) is 0. The van der Waals surface area contributed by atoms with Crippen molar-refractivity contribution in [3.63, 3.8) is 0 Å². The molecule has 2 rings (SSSR count). The van der Waals surface area contributed by atoms with Crippen LogP contribution in [-0.4, -0.2) is 10.2 Å². The first-order chi connectivity index (χ1) is 8.97. The van der Waals surface area contributed by atoms with Gasteiger partial charge in [-0.2, -0.15) is 18.3 Å². The number of rotatable bonds is 3. The molecule has 0 fully saturated rings. The smallest absolute Gasteiger partial charge is 0.418 e. The predicted molar refractivity (Wildman–Crippen MR) is 62.5 cm³/mol. The minimum absolute atomic E-state index is 0.137. The molecule has 0 aliphatic heterocycles. The molecule has 19 heavy (non-hydrogen) atoms. The zero-order valence-electron chi connectivity index (χ0n) is 10.1. The van der Waals surface area contributed by atoms with Crippen LogP contribution >= 0.6 is 0 Å². The maximum atomic E-state index is 12.7. The molecule has 0 aliphatic carbocycles. The molecule has 100 valence electrons. The first kappa shape index (κ1) is 13.3. The lowest BCUT2D eigenvalue weighted by atomic mass is 10.2. The van der Waals surface area contributed by atoms with Crippen molar-refractivity contribution in [2.75, 3.05) is 0 Å². The van der Waals surface area contributed by atoms with Crippen LogP contribution < -0.4 is 4.74 Å². The van der Waals surface area contributed by atoms with Crippen LogP contribution in [0.25, 0.3) is 0 Å². The Morgan fingerprint density at radius 2 is 1.79 bits per heavy atom. The Balaban J connectivity index is 2.14. The molecule has 0 aliphatic rings. The van der Waals surface area contributed by atoms with E-state index in [0.717, 1.165) is 11.6 Å². The molecule has 0 saturated carbocycles. The second-order valence-electron chi connectivity index (χ2n) is 3.95. The third kappa shape index (κ3) is 3.43. The highest BCUT2D eigenvalue weighted by Crippen LogP contribution is 2.32. The Labute approximate surface area is 108 Å². The Hall–Kier alpha value is -2.11. The van der Waals surface area contributed by atoms with Gasteiger partial charge in [-0.3, -0.25) is 0 Å². The first-order valence-electron chi connectivity index (χ1n) is 5.55. The van der Waals surface area contributed by atoms with E-state index >= 15 is 0 Å². The second-order valence-corrected chi connectivity index (χ2v) is 3.95. The summed E-state index contributed by atoms with van der Waals surface area (Å²) >= 11 is 0. The van der Waals surface area contributed by atoms with Crippen molar-refractivity contribution in [3.05, 3.63) is 53.2 Å². The molecule has 0 saturated heterocycles. The minimum atomic E-state index is -4.45. The van der Waals surface area contributed by atoms with Gasteiger partial charge in [-0.1, -0.05) is 30.3 Å². The molecule has 0 amide bonds. The third-order valence-corrected chi connectivity index (χ3v) is 2.49. The molecule has 2 aromatic rings. The van der Waals surface area contributed by atoms with E-state index in [2.05, 4.69) is 10.2 Å². The molecule has 0 atom stereocenters. The van der Waals surface area contributed by atoms with Gasteiger partial charge in [0, 0.05) is 6.07 Å². The molecule has 1 heterocycles. The van der Waals surface area contributed by atoms with Crippen molar-refractivity contribution >= 4 is 0 Å². The number of hydrogen-bond acceptors (Lipinski definition) is 3. The predicted octanol–water partition coefficient (Wildman–Crippen LogP) is 3.38. The maximum absolute atomic E-state index is 12.7. The van der Waals surface area contributed by atoms with Gasteiger partial charge in [0.05, 0.1) is 11.3 Å². The molecule has 3 nitrogen and oxygen atoms in total. The van der Waals surface area contributed by atoms with E-state index in [1.54, 1.807) is 0 Å². The lowest BCUT2D eigenvalue weighted by Crippen LogP contribution is -2.11. The summed E-state index contributed by atoms with van der Waals surface area (Å²) in [5, 5.41) is 7.06. The Morgan fingerprint density at radius 1 is 1.11 bits per heavy atom. The van der Waals surface area contributed by atoms with Crippen LogP contribution in [0.2, 0.25) is 0 Å². The van der Waals surface area contributed by atoms with E-state index in [9.17, 15) is 13.2 Å². The monoisotopic (exact) mass is 268 g/mol. The van der Waals surface area contributed by atoms with Gasteiger partial charge < -0.3 is 4.74 Å². The van der Waals surface area contributed by atoms with Gasteiger partial charge in [-0.05, 0) is 12.5 Å². The van der Waals surface area contributed by atoms with E-state index in [-0.39, 0.29) is 18.2 Å². The van der Waals surface area contributed by atoms with Crippen LogP contribution in [0.15, 0.2) is 36.4 Å². The summed E-state index contributed by atoms with van der Waals surface area (Å²) in [7, 11) is 0. The van der Waals surface area contributed by atoms with Gasteiger partial charge in [0.25, 0.3) is 0 Å². The van der Waals surface area contributed by atoms with E-state index in [1.165, 1.54) is 6.92 Å². The van der Waals surface area contributed by atoms with Crippen LogP contribution in [0, 0.1) is 6.92 Å². The summed E-state index contributed by atoms with van der Waals surface area (Å²) in [5.41, 5.74) is -0.149. The van der Waals surface area contributed by atoms with Crippen molar-refractivity contribution in [2.24, 2.45) is 0 Å². The normalized spacial score (nSPS) is 11.4. The van der Waals surface area contributed by atoms with Gasteiger partial charge in [0.2, 0.25) is 5.88 Å². The molecule has 0 radical (unpaired) electrons. The molecule has 0 N–H and O–H groups in total. The summed E-state index contributed by atoms with van der Waals surface area (Å²) in [5.74, 6) is -0.137. The number of nitrogens with zero attached hydrogens (tertiary/aromatic N) is 2. The minimum Gasteiger partial charge on any atom is -0.472 e. The number of benzene rings is 1. The molecule has 1 aromatic carbocycles. The molecule has 0 bridgehead atoms. The van der Waals surface area contributed by atoms with Crippen LogP contribution in [0.4, 0.5) is 13.2 Å². The van der Waals surface area contributed by atoms with Crippen LogP contribution in [0.1, 0.15) is 16.8 Å². The number of halogens is 3. The Kier molecular flexibility index (Phi) is 3.69. The first-order valence-corrected chi connectivity index (χ1v) is 5.55. The van der Waals surface area contributed by atoms with E-state index in [1.807, 2.05) is 30.3 Å². The zero-order chi connectivity index (χ0) is 13.9. The van der Waals surface area contributed by atoms with E-state index in [0.29, 0.717) is 0 Å². The summed E-state index contributed by atoms with van der Waals surface area (Å²) in [6, 6.07) is 9.97. The number of ether oxygens (including phenoxy) is 1. The quantitative estimate of drug-likeness (QED) is 0.856. The van der Waals surface area contributed by atoms with Gasteiger partial charge in [0.1, 0.15) is 6.61 Å². The molecular weight excluding hydrogens is 257 g/mol. The molecule has 0 unspecified atom stereocenters. The number of hydrogen-bond donors (Lipinski definition) is 0. The number of aromatic nitrogens is 2. The van der Waals surface area contributed by atoms with Gasteiger partial charge >= 0.3 is 6.18 Å². The molecular formula is C13H11F3N2O. The fourth-order valence-electron chi connectivity index (χ4n) is 1.52. The standard InChI is InChI=1S/C13H11F3N2O/c1-9-11(13(14,15)16)7-12(18-17-9)19-8-10-5-3-2-4-6-10/h2-7H,8H2,1H3. The largest absolute Gasteiger partial charge is 0.472 e. The average molecular weight is 268 g/mol. The van der Waals surface area contributed by atoms with Crippen LogP contribution in [-0.2, 0) is 12.8 Å². The highest BCUT2D eigenvalue weighted by molar-refractivity contribution is 5.26. The van der Waals surface area contributed by atoms with E-state index < -0.39 is 11.7 Å². The fourth-order valence-corrected chi connectivity index (χ4v) is 1.52. The molecule has 1 aromatic heterocycles. The topological polar surface area (TPSA) is 35.0 Å². The number of alkyl halides is 3. The maximum Gasteiger partial charge on any atom is 0.418 e. The fraction of sp³-hybridized carbons (Fsp3) is 0.231. The summed E-state index contributed by atoms with van der Waals surface area (Å²) < 4.78 is 43.2. The van der Waals surface area contributed by atoms with Crippen molar-refractivity contribution in [1.82, 2.24) is 10.2 Å². The SMILES string of the molecule is Cc1nnc(OCc2ccccc2)cc1C(F)(F)F. The van der Waals surface area contributed by atoms with Crippen LogP contribution in [0.5, 0.6) is 5.88 Å². The van der Waals surface area contributed by atoms with E-state index in [4.69, 9.17) is 4.74 Å². The Morgan fingerprint density at radius 3 is 2.42 bits per heavy atom. The lowest BCUT2D eigenvalue weighted by Gasteiger charge is -2.10. The highest BCUT2D eigenvalue weighted by Gasteiger charge is 2.34. The Bertz CT molecular complexity index is 556. The molecule has 6 heteroatoms. The van der Waals surface area contributed by atoms with Crippen LogP contribution in [0.3, 0.4) is 0 Å². The van der Waals surface area contributed by atoms with Crippen molar-refractivity contribution in [2.45, 2.75) is 19.7 Å². The second kappa shape index (κ2) is 5.26. The zero-order valence-corrected chi connectivity index (χ0v) is 10.1. The van der Waals surface area contributed by atoms with Gasteiger partial charge in [-0.25, -0.2) is 0 Å². The van der Waals surface area contributed by atoms with Crippen molar-refractivity contribution in [1.29, 1.82) is 0 Å². The van der Waals surface area contributed by atoms with Crippen molar-refractivity contribution in [3.8, 4) is 5.88 Å². The van der Waals surface area contributed by atoms with Gasteiger partial charge in [-0.15, -0.1) is 5.10 Å².